The molecule has 2 rings (SSSR count). The molecule has 2 aromatic rings. The number of rotatable bonds is 5. The van der Waals surface area contributed by atoms with E-state index < -0.39 is 12.5 Å². The first-order chi connectivity index (χ1) is 9.49. The Morgan fingerprint density at radius 3 is 2.90 bits per heavy atom. The average Bonchev–Trinajstić information content (AvgIpc) is 2.84. The number of hydrogen-bond donors (Lipinski definition) is 1. The molecule has 1 aromatic carbocycles. The second-order valence-electron chi connectivity index (χ2n) is 3.76. The highest BCUT2D eigenvalue weighted by molar-refractivity contribution is 6.30. The first-order valence-corrected chi connectivity index (χ1v) is 5.82. The molecule has 0 saturated heterocycles. The van der Waals surface area contributed by atoms with Gasteiger partial charge in [-0.1, -0.05) is 11.6 Å². The monoisotopic (exact) mass is 302 g/mol. The zero-order chi connectivity index (χ0) is 14.7. The van der Waals surface area contributed by atoms with E-state index in [0.717, 1.165) is 6.20 Å². The van der Waals surface area contributed by atoms with Crippen LogP contribution in [-0.4, -0.2) is 20.6 Å². The largest absolute Gasteiger partial charge is 0.485 e. The minimum absolute atomic E-state index is 0.00573. The molecule has 0 aliphatic rings. The molecule has 0 spiro atoms. The summed E-state index contributed by atoms with van der Waals surface area (Å²) in [4.78, 5) is 14.7. The average molecular weight is 303 g/mol. The van der Waals surface area contributed by atoms with Crippen LogP contribution >= 0.6 is 11.6 Å². The van der Waals surface area contributed by atoms with Crippen molar-refractivity contribution >= 4 is 17.6 Å². The maximum Gasteiger partial charge on any atom is 0.339 e. The Bertz CT molecular complexity index is 631. The molecule has 0 saturated carbocycles. The molecular weight excluding hydrogens is 294 g/mol. The summed E-state index contributed by atoms with van der Waals surface area (Å²) in [6.07, 6.45) is 2.32. The summed E-state index contributed by atoms with van der Waals surface area (Å²) in [5.74, 6) is -1.22. The van der Waals surface area contributed by atoms with Crippen molar-refractivity contribution in [2.45, 2.75) is 13.2 Å². The van der Waals surface area contributed by atoms with Gasteiger partial charge in [-0.3, -0.25) is 4.57 Å². The van der Waals surface area contributed by atoms with Crippen LogP contribution in [0.4, 0.5) is 8.78 Å². The van der Waals surface area contributed by atoms with Crippen molar-refractivity contribution in [3.8, 4) is 5.75 Å². The quantitative estimate of drug-likeness (QED) is 0.921. The van der Waals surface area contributed by atoms with Gasteiger partial charge in [0.25, 0.3) is 0 Å². The number of aromatic nitrogens is 2. The molecule has 5 nitrogen and oxygen atoms in total. The lowest BCUT2D eigenvalue weighted by atomic mass is 10.2. The maximum absolute atomic E-state index is 12.6. The molecule has 0 radical (unpaired) electrons. The SMILES string of the molecule is O=C(O)c1ccc(Cl)cc1OCc1nccn1C(F)F. The van der Waals surface area contributed by atoms with Crippen molar-refractivity contribution in [1.29, 1.82) is 0 Å². The van der Waals surface area contributed by atoms with Crippen LogP contribution in [-0.2, 0) is 6.61 Å². The van der Waals surface area contributed by atoms with Crippen molar-refractivity contribution in [2.24, 2.45) is 0 Å². The summed E-state index contributed by atoms with van der Waals surface area (Å²) in [5.41, 5.74) is -0.107. The highest BCUT2D eigenvalue weighted by Gasteiger charge is 2.15. The van der Waals surface area contributed by atoms with Gasteiger partial charge in [-0.05, 0) is 18.2 Å². The van der Waals surface area contributed by atoms with E-state index in [1.165, 1.54) is 24.4 Å². The first-order valence-electron chi connectivity index (χ1n) is 5.44. The molecule has 1 heterocycles. The van der Waals surface area contributed by atoms with Crippen LogP contribution in [0.5, 0.6) is 5.75 Å². The number of benzene rings is 1. The Labute approximate surface area is 117 Å². The molecule has 0 bridgehead atoms. The number of imidazole rings is 1. The molecule has 0 aliphatic heterocycles. The van der Waals surface area contributed by atoms with Gasteiger partial charge in [0.2, 0.25) is 0 Å². The van der Waals surface area contributed by atoms with Crippen molar-refractivity contribution in [3.05, 3.63) is 47.0 Å². The molecule has 0 fully saturated rings. The number of alkyl halides is 2. The van der Waals surface area contributed by atoms with Gasteiger partial charge >= 0.3 is 12.5 Å². The predicted molar refractivity (Wildman–Crippen MR) is 66.2 cm³/mol. The van der Waals surface area contributed by atoms with Gasteiger partial charge in [0, 0.05) is 17.4 Å². The van der Waals surface area contributed by atoms with Crippen molar-refractivity contribution in [2.75, 3.05) is 0 Å². The molecule has 0 atom stereocenters. The maximum atomic E-state index is 12.6. The summed E-state index contributed by atoms with van der Waals surface area (Å²) in [7, 11) is 0. The van der Waals surface area contributed by atoms with Gasteiger partial charge in [0.15, 0.2) is 5.82 Å². The van der Waals surface area contributed by atoms with E-state index >= 15 is 0 Å². The van der Waals surface area contributed by atoms with Gasteiger partial charge in [-0.25, -0.2) is 9.78 Å². The van der Waals surface area contributed by atoms with E-state index in [1.54, 1.807) is 0 Å². The summed E-state index contributed by atoms with van der Waals surface area (Å²) >= 11 is 5.75. The number of hydrogen-bond acceptors (Lipinski definition) is 3. The van der Waals surface area contributed by atoms with Crippen LogP contribution in [0.1, 0.15) is 22.7 Å². The van der Waals surface area contributed by atoms with E-state index in [-0.39, 0.29) is 28.8 Å². The third kappa shape index (κ3) is 3.05. The molecule has 1 N–H and O–H groups in total. The Balaban J connectivity index is 2.20. The van der Waals surface area contributed by atoms with Crippen molar-refractivity contribution in [3.63, 3.8) is 0 Å². The van der Waals surface area contributed by atoms with E-state index in [9.17, 15) is 13.6 Å². The van der Waals surface area contributed by atoms with Gasteiger partial charge in [0.1, 0.15) is 17.9 Å². The molecule has 0 amide bonds. The number of aromatic carboxylic acids is 1. The topological polar surface area (TPSA) is 64.3 Å². The molecule has 20 heavy (non-hydrogen) atoms. The van der Waals surface area contributed by atoms with Crippen LogP contribution in [0.25, 0.3) is 0 Å². The van der Waals surface area contributed by atoms with E-state index in [4.69, 9.17) is 21.4 Å². The highest BCUT2D eigenvalue weighted by Crippen LogP contribution is 2.24. The lowest BCUT2D eigenvalue weighted by Gasteiger charge is -2.10. The van der Waals surface area contributed by atoms with Crippen LogP contribution in [0.15, 0.2) is 30.6 Å². The number of carboxylic acids is 1. The van der Waals surface area contributed by atoms with Crippen LogP contribution < -0.4 is 4.74 Å². The minimum Gasteiger partial charge on any atom is -0.485 e. The molecule has 106 valence electrons. The van der Waals surface area contributed by atoms with Crippen LogP contribution in [0.2, 0.25) is 5.02 Å². The fourth-order valence-electron chi connectivity index (χ4n) is 1.57. The molecule has 0 unspecified atom stereocenters. The van der Waals surface area contributed by atoms with Gasteiger partial charge in [-0.2, -0.15) is 8.78 Å². The number of carbonyl (C=O) groups is 1. The smallest absolute Gasteiger partial charge is 0.339 e. The Morgan fingerprint density at radius 2 is 2.25 bits per heavy atom. The molecule has 8 heteroatoms. The van der Waals surface area contributed by atoms with Crippen molar-refractivity contribution < 1.29 is 23.4 Å². The van der Waals surface area contributed by atoms with E-state index in [2.05, 4.69) is 4.98 Å². The number of carboxylic acid groups (broad SMARTS) is 1. The molecule has 0 aliphatic carbocycles. The van der Waals surface area contributed by atoms with Gasteiger partial charge < -0.3 is 9.84 Å². The van der Waals surface area contributed by atoms with Crippen molar-refractivity contribution in [1.82, 2.24) is 9.55 Å². The third-order valence-corrected chi connectivity index (χ3v) is 2.73. The lowest BCUT2D eigenvalue weighted by molar-refractivity contribution is 0.0623. The predicted octanol–water partition coefficient (Wildman–Crippen LogP) is 3.21. The van der Waals surface area contributed by atoms with E-state index in [0.29, 0.717) is 4.57 Å². The fourth-order valence-corrected chi connectivity index (χ4v) is 1.73. The fraction of sp³-hybridized carbons (Fsp3) is 0.167. The van der Waals surface area contributed by atoms with E-state index in [1.807, 2.05) is 0 Å². The summed E-state index contributed by atoms with van der Waals surface area (Å²) in [6.45, 7) is -3.03. The number of nitrogens with zero attached hydrogens (tertiary/aromatic N) is 2. The standard InChI is InChI=1S/C12H9ClF2N2O3/c13-7-1-2-8(11(18)19)9(5-7)20-6-10-16-3-4-17(10)12(14)15/h1-5,12H,6H2,(H,18,19). The summed E-state index contributed by atoms with van der Waals surface area (Å²) in [5, 5.41) is 9.27. The second kappa shape index (κ2) is 5.87. The summed E-state index contributed by atoms with van der Waals surface area (Å²) < 4.78 is 31.1. The zero-order valence-electron chi connectivity index (χ0n) is 9.96. The van der Waals surface area contributed by atoms with Gasteiger partial charge in [-0.15, -0.1) is 0 Å². The zero-order valence-corrected chi connectivity index (χ0v) is 10.7. The third-order valence-electron chi connectivity index (χ3n) is 2.49. The number of halogens is 3. The normalized spacial score (nSPS) is 10.8. The number of ether oxygens (including phenoxy) is 1. The summed E-state index contributed by atoms with van der Waals surface area (Å²) in [6, 6.07) is 3.98. The minimum atomic E-state index is -2.74. The Kier molecular flexibility index (Phi) is 4.19. The molecular formula is C12H9ClF2N2O3. The highest BCUT2D eigenvalue weighted by atomic mass is 35.5. The Hall–Kier alpha value is -2.15. The van der Waals surface area contributed by atoms with Crippen LogP contribution in [0.3, 0.4) is 0 Å². The second-order valence-corrected chi connectivity index (χ2v) is 4.20. The first kappa shape index (κ1) is 14.3. The van der Waals surface area contributed by atoms with Crippen LogP contribution in [0, 0.1) is 0 Å². The molecule has 1 aromatic heterocycles. The lowest BCUT2D eigenvalue weighted by Crippen LogP contribution is -2.09. The Morgan fingerprint density at radius 1 is 1.50 bits per heavy atom. The van der Waals surface area contributed by atoms with Gasteiger partial charge in [0.05, 0.1) is 0 Å².